The molecule has 0 unspecified atom stereocenters. The first-order chi connectivity index (χ1) is 18.0. The van der Waals surface area contributed by atoms with E-state index in [1.807, 2.05) is 60.8 Å². The van der Waals surface area contributed by atoms with Gasteiger partial charge in [-0.25, -0.2) is 4.68 Å². The summed E-state index contributed by atoms with van der Waals surface area (Å²) in [6.45, 7) is 1.75. The van der Waals surface area contributed by atoms with Crippen molar-refractivity contribution in [2.45, 2.75) is 13.0 Å². The van der Waals surface area contributed by atoms with Crippen LogP contribution in [0.15, 0.2) is 79.3 Å². The van der Waals surface area contributed by atoms with E-state index in [9.17, 15) is 9.59 Å². The highest BCUT2D eigenvalue weighted by Crippen LogP contribution is 2.38. The minimum atomic E-state index is -0.439. The molecule has 0 saturated carbocycles. The van der Waals surface area contributed by atoms with Crippen LogP contribution in [0.25, 0.3) is 38.6 Å². The third-order valence-electron chi connectivity index (χ3n) is 6.71. The van der Waals surface area contributed by atoms with Crippen molar-refractivity contribution >= 4 is 44.8 Å². The zero-order valence-corrected chi connectivity index (χ0v) is 20.7. The predicted octanol–water partition coefficient (Wildman–Crippen LogP) is 3.89. The molecule has 0 spiro atoms. The van der Waals surface area contributed by atoms with Crippen LogP contribution >= 0.6 is 0 Å². The summed E-state index contributed by atoms with van der Waals surface area (Å²) in [6.07, 6.45) is 6.38. The van der Waals surface area contributed by atoms with Gasteiger partial charge in [0.25, 0.3) is 11.8 Å². The largest absolute Gasteiger partial charge is 0.347 e. The first kappa shape index (κ1) is 22.9. The molecule has 3 aromatic heterocycles. The highest BCUT2D eigenvalue weighted by atomic mass is 16.2. The van der Waals surface area contributed by atoms with Crippen molar-refractivity contribution in [1.82, 2.24) is 29.5 Å². The first-order valence-electron chi connectivity index (χ1n) is 12.2. The molecule has 4 heterocycles. The third kappa shape index (κ3) is 3.91. The minimum absolute atomic E-state index is 0.292. The van der Waals surface area contributed by atoms with E-state index in [0.717, 1.165) is 52.6 Å². The van der Waals surface area contributed by atoms with Crippen LogP contribution in [0.3, 0.4) is 0 Å². The van der Waals surface area contributed by atoms with E-state index in [1.165, 1.54) is 0 Å². The Balaban J connectivity index is 1.57. The number of pyridine rings is 1. The molecular weight excluding hydrogens is 464 g/mol. The summed E-state index contributed by atoms with van der Waals surface area (Å²) in [5, 5.41) is 9.10. The zero-order valence-electron chi connectivity index (χ0n) is 20.7. The summed E-state index contributed by atoms with van der Waals surface area (Å²) in [5.41, 5.74) is 4.49. The normalized spacial score (nSPS) is 13.9. The number of para-hydroxylation sites is 2. The van der Waals surface area contributed by atoms with Gasteiger partial charge in [-0.05, 0) is 51.3 Å². The summed E-state index contributed by atoms with van der Waals surface area (Å²) >= 11 is 0. The Labute approximate surface area is 213 Å². The highest BCUT2D eigenvalue weighted by molar-refractivity contribution is 6.50. The van der Waals surface area contributed by atoms with Gasteiger partial charge >= 0.3 is 0 Å². The van der Waals surface area contributed by atoms with Crippen molar-refractivity contribution in [3.8, 4) is 5.69 Å². The van der Waals surface area contributed by atoms with Gasteiger partial charge in [0, 0.05) is 40.8 Å². The molecule has 2 aromatic carbocycles. The molecule has 6 rings (SSSR count). The molecule has 0 bridgehead atoms. The molecule has 0 radical (unpaired) electrons. The molecular formula is C29H26N6O2. The quantitative estimate of drug-likeness (QED) is 0.350. The van der Waals surface area contributed by atoms with Gasteiger partial charge in [0.1, 0.15) is 5.69 Å². The Morgan fingerprint density at radius 3 is 2.35 bits per heavy atom. The number of benzene rings is 2. The molecule has 1 aliphatic rings. The number of nitrogens with zero attached hydrogens (tertiary/aromatic N) is 5. The first-order valence-corrected chi connectivity index (χ1v) is 12.2. The topological polar surface area (TPSA) is 85.1 Å². The number of hydrogen-bond donors (Lipinski definition) is 1. The van der Waals surface area contributed by atoms with Crippen LogP contribution in [0.2, 0.25) is 0 Å². The van der Waals surface area contributed by atoms with Gasteiger partial charge in [0.2, 0.25) is 0 Å². The second kappa shape index (κ2) is 9.15. The Morgan fingerprint density at radius 1 is 0.865 bits per heavy atom. The highest BCUT2D eigenvalue weighted by Gasteiger charge is 2.36. The van der Waals surface area contributed by atoms with Gasteiger partial charge in [-0.1, -0.05) is 36.4 Å². The maximum absolute atomic E-state index is 13.3. The van der Waals surface area contributed by atoms with Crippen molar-refractivity contribution in [3.05, 3.63) is 90.5 Å². The van der Waals surface area contributed by atoms with E-state index < -0.39 is 11.8 Å². The molecule has 184 valence electrons. The lowest BCUT2D eigenvalue weighted by Crippen LogP contribution is -2.22. The van der Waals surface area contributed by atoms with Crippen molar-refractivity contribution in [2.24, 2.45) is 0 Å². The molecule has 0 atom stereocenters. The zero-order chi connectivity index (χ0) is 25.5. The van der Waals surface area contributed by atoms with Crippen LogP contribution in [-0.4, -0.2) is 56.7 Å². The van der Waals surface area contributed by atoms with Gasteiger partial charge in [0.15, 0.2) is 0 Å². The minimum Gasteiger partial charge on any atom is -0.347 e. The second-order valence-corrected chi connectivity index (χ2v) is 9.43. The molecule has 8 heteroatoms. The van der Waals surface area contributed by atoms with Gasteiger partial charge in [-0.2, -0.15) is 5.10 Å². The monoisotopic (exact) mass is 490 g/mol. The van der Waals surface area contributed by atoms with E-state index >= 15 is 0 Å². The van der Waals surface area contributed by atoms with Crippen LogP contribution in [-0.2, 0) is 16.1 Å². The number of aromatic nitrogens is 4. The number of rotatable bonds is 7. The van der Waals surface area contributed by atoms with Crippen molar-refractivity contribution < 1.29 is 9.59 Å². The number of imide groups is 1. The van der Waals surface area contributed by atoms with Crippen molar-refractivity contribution in [2.75, 3.05) is 20.6 Å². The summed E-state index contributed by atoms with van der Waals surface area (Å²) in [5.74, 6) is -0.845. The van der Waals surface area contributed by atoms with Gasteiger partial charge in [-0.15, -0.1) is 0 Å². The fourth-order valence-electron chi connectivity index (χ4n) is 5.05. The van der Waals surface area contributed by atoms with Gasteiger partial charge in [-0.3, -0.25) is 19.9 Å². The summed E-state index contributed by atoms with van der Waals surface area (Å²) in [6, 6.07) is 19.5. The number of hydrogen-bond acceptors (Lipinski definition) is 5. The SMILES string of the molecule is CN(C)CCCn1cc(C2=C(c3nn(-c4cccnc4)c4ccccc34)C(=O)NC2=O)c2ccccc21. The fraction of sp³-hybridized carbons (Fsp3) is 0.172. The molecule has 5 aromatic rings. The number of nitrogens with one attached hydrogen (secondary N) is 1. The molecule has 8 nitrogen and oxygen atoms in total. The molecule has 0 fully saturated rings. The van der Waals surface area contributed by atoms with E-state index in [-0.39, 0.29) is 0 Å². The van der Waals surface area contributed by atoms with E-state index in [2.05, 4.69) is 39.9 Å². The van der Waals surface area contributed by atoms with Crippen LogP contribution < -0.4 is 5.32 Å². The standard InChI is InChI=1S/C29H26N6O2/c1-33(2)15-8-16-34-18-22(20-10-3-5-12-23(20)34)25-26(29(37)31-28(25)36)27-21-11-4-6-13-24(21)35(32-27)19-9-7-14-30-17-19/h3-7,9-14,17-18H,8,15-16H2,1-2H3,(H,31,36,37). The Bertz CT molecular complexity index is 1690. The van der Waals surface area contributed by atoms with E-state index in [0.29, 0.717) is 16.8 Å². The fourth-order valence-corrected chi connectivity index (χ4v) is 5.05. The summed E-state index contributed by atoms with van der Waals surface area (Å²) in [4.78, 5) is 32.9. The van der Waals surface area contributed by atoms with Crippen molar-refractivity contribution in [3.63, 3.8) is 0 Å². The van der Waals surface area contributed by atoms with Crippen LogP contribution in [0.4, 0.5) is 0 Å². The maximum atomic E-state index is 13.3. The number of carbonyl (C=O) groups excluding carboxylic acids is 2. The van der Waals surface area contributed by atoms with E-state index in [4.69, 9.17) is 5.10 Å². The van der Waals surface area contributed by atoms with Gasteiger partial charge in [0.05, 0.1) is 28.5 Å². The van der Waals surface area contributed by atoms with Crippen LogP contribution in [0.1, 0.15) is 17.7 Å². The lowest BCUT2D eigenvalue weighted by molar-refractivity contribution is -0.122. The summed E-state index contributed by atoms with van der Waals surface area (Å²) < 4.78 is 3.93. The van der Waals surface area contributed by atoms with Crippen LogP contribution in [0, 0.1) is 0 Å². The second-order valence-electron chi connectivity index (χ2n) is 9.43. The molecule has 1 N–H and O–H groups in total. The molecule has 0 aliphatic carbocycles. The Morgan fingerprint density at radius 2 is 1.59 bits per heavy atom. The van der Waals surface area contributed by atoms with Gasteiger partial charge < -0.3 is 9.47 Å². The van der Waals surface area contributed by atoms with E-state index in [1.54, 1.807) is 17.1 Å². The lowest BCUT2D eigenvalue weighted by atomic mass is 9.97. The average molecular weight is 491 g/mol. The summed E-state index contributed by atoms with van der Waals surface area (Å²) in [7, 11) is 4.11. The molecule has 2 amide bonds. The third-order valence-corrected chi connectivity index (χ3v) is 6.71. The number of amides is 2. The van der Waals surface area contributed by atoms with Crippen LogP contribution in [0.5, 0.6) is 0 Å². The number of aryl methyl sites for hydroxylation is 1. The Hall–Kier alpha value is -4.56. The molecule has 0 saturated heterocycles. The van der Waals surface area contributed by atoms with Crippen molar-refractivity contribution in [1.29, 1.82) is 0 Å². The maximum Gasteiger partial charge on any atom is 0.261 e. The number of carbonyl (C=O) groups is 2. The average Bonchev–Trinajstić information content (AvgIpc) is 3.55. The number of fused-ring (bicyclic) bond motifs is 2. The lowest BCUT2D eigenvalue weighted by Gasteiger charge is -2.10. The Kier molecular flexibility index (Phi) is 5.65. The molecule has 1 aliphatic heterocycles. The smallest absolute Gasteiger partial charge is 0.261 e. The molecule has 37 heavy (non-hydrogen) atoms. The predicted molar refractivity (Wildman–Crippen MR) is 144 cm³/mol.